The molecule has 1 aromatic carbocycles. The molecule has 19 heavy (non-hydrogen) atoms. The molecule has 0 amide bonds. The predicted octanol–water partition coefficient (Wildman–Crippen LogP) is 1.45. The van der Waals surface area contributed by atoms with E-state index in [0.29, 0.717) is 18.5 Å². The van der Waals surface area contributed by atoms with Crippen LogP contribution in [0.5, 0.6) is 5.75 Å². The quantitative estimate of drug-likeness (QED) is 0.787. The molecule has 6 heteroatoms. The molecule has 0 aliphatic rings. The summed E-state index contributed by atoms with van der Waals surface area (Å²) in [7, 11) is 3.50. The molecule has 0 spiro atoms. The monoisotopic (exact) mass is 262 g/mol. The molecule has 0 aliphatic heterocycles. The average Bonchev–Trinajstić information content (AvgIpc) is 2.88. The lowest BCUT2D eigenvalue weighted by Gasteiger charge is -2.03. The van der Waals surface area contributed by atoms with Crippen molar-refractivity contribution in [2.24, 2.45) is 0 Å². The van der Waals surface area contributed by atoms with Gasteiger partial charge in [-0.1, -0.05) is 17.2 Å². The summed E-state index contributed by atoms with van der Waals surface area (Å²) in [5.41, 5.74) is 1.23. The van der Waals surface area contributed by atoms with E-state index < -0.39 is 0 Å². The van der Waals surface area contributed by atoms with Crippen LogP contribution in [0, 0.1) is 0 Å². The van der Waals surface area contributed by atoms with E-state index in [4.69, 9.17) is 9.15 Å². The standard InChI is InChI=1S/C13H18N4O2/c1-14-9-12-16-17-13(19-12)15-8-7-10-3-5-11(18-2)6-4-10/h3-6,14H,7-9H2,1-2H3,(H,15,17). The van der Waals surface area contributed by atoms with E-state index in [1.165, 1.54) is 5.56 Å². The first kappa shape index (κ1) is 13.4. The third-order valence-corrected chi connectivity index (χ3v) is 2.64. The van der Waals surface area contributed by atoms with E-state index in [1.54, 1.807) is 7.11 Å². The van der Waals surface area contributed by atoms with Crippen LogP contribution in [0.1, 0.15) is 11.5 Å². The van der Waals surface area contributed by atoms with E-state index >= 15 is 0 Å². The van der Waals surface area contributed by atoms with Crippen LogP contribution >= 0.6 is 0 Å². The highest BCUT2D eigenvalue weighted by Crippen LogP contribution is 2.12. The fourth-order valence-corrected chi connectivity index (χ4v) is 1.65. The second-order valence-corrected chi connectivity index (χ2v) is 4.06. The van der Waals surface area contributed by atoms with Gasteiger partial charge in [0.1, 0.15) is 5.75 Å². The van der Waals surface area contributed by atoms with Gasteiger partial charge in [0, 0.05) is 6.54 Å². The molecular formula is C13H18N4O2. The van der Waals surface area contributed by atoms with E-state index in [0.717, 1.165) is 18.7 Å². The van der Waals surface area contributed by atoms with Crippen LogP contribution < -0.4 is 15.4 Å². The number of nitrogens with one attached hydrogen (secondary N) is 2. The van der Waals surface area contributed by atoms with E-state index in [1.807, 2.05) is 31.3 Å². The summed E-state index contributed by atoms with van der Waals surface area (Å²) >= 11 is 0. The van der Waals surface area contributed by atoms with Crippen LogP contribution in [-0.2, 0) is 13.0 Å². The number of anilines is 1. The van der Waals surface area contributed by atoms with Gasteiger partial charge in [0.25, 0.3) is 0 Å². The largest absolute Gasteiger partial charge is 0.497 e. The number of ether oxygens (including phenoxy) is 1. The molecule has 0 atom stereocenters. The first-order valence-electron chi connectivity index (χ1n) is 6.15. The van der Waals surface area contributed by atoms with Gasteiger partial charge >= 0.3 is 6.01 Å². The molecule has 0 bridgehead atoms. The number of aromatic nitrogens is 2. The van der Waals surface area contributed by atoms with Crippen molar-refractivity contribution in [2.45, 2.75) is 13.0 Å². The minimum Gasteiger partial charge on any atom is -0.497 e. The minimum atomic E-state index is 0.457. The molecule has 6 nitrogen and oxygen atoms in total. The summed E-state index contributed by atoms with van der Waals surface area (Å²) in [5, 5.41) is 13.9. The molecule has 0 unspecified atom stereocenters. The molecule has 2 N–H and O–H groups in total. The van der Waals surface area contributed by atoms with Gasteiger partial charge in [0.05, 0.1) is 13.7 Å². The van der Waals surface area contributed by atoms with Crippen molar-refractivity contribution in [1.29, 1.82) is 0 Å². The second-order valence-electron chi connectivity index (χ2n) is 4.06. The van der Waals surface area contributed by atoms with Crippen molar-refractivity contribution in [3.05, 3.63) is 35.7 Å². The Bertz CT molecular complexity index is 496. The van der Waals surface area contributed by atoms with E-state index in [-0.39, 0.29) is 0 Å². The third-order valence-electron chi connectivity index (χ3n) is 2.64. The zero-order valence-electron chi connectivity index (χ0n) is 11.1. The number of nitrogens with zero attached hydrogens (tertiary/aromatic N) is 2. The van der Waals surface area contributed by atoms with E-state index in [9.17, 15) is 0 Å². The van der Waals surface area contributed by atoms with Crippen molar-refractivity contribution in [3.8, 4) is 5.75 Å². The predicted molar refractivity (Wildman–Crippen MR) is 72.2 cm³/mol. The van der Waals surface area contributed by atoms with Crippen molar-refractivity contribution < 1.29 is 9.15 Å². The summed E-state index contributed by atoms with van der Waals surface area (Å²) in [6, 6.07) is 8.44. The molecule has 0 fully saturated rings. The van der Waals surface area contributed by atoms with E-state index in [2.05, 4.69) is 20.8 Å². The Morgan fingerprint density at radius 3 is 2.68 bits per heavy atom. The molecule has 0 saturated heterocycles. The lowest BCUT2D eigenvalue weighted by Crippen LogP contribution is -2.05. The average molecular weight is 262 g/mol. The maximum Gasteiger partial charge on any atom is 0.315 e. The summed E-state index contributed by atoms with van der Waals surface area (Å²) in [6.07, 6.45) is 0.883. The van der Waals surface area contributed by atoms with Gasteiger partial charge in [0.15, 0.2) is 0 Å². The molecule has 0 aliphatic carbocycles. The van der Waals surface area contributed by atoms with Gasteiger partial charge in [0.2, 0.25) is 5.89 Å². The first-order valence-corrected chi connectivity index (χ1v) is 6.15. The Balaban J connectivity index is 1.78. The van der Waals surface area contributed by atoms with Gasteiger partial charge < -0.3 is 19.8 Å². The Hall–Kier alpha value is -2.08. The summed E-state index contributed by atoms with van der Waals surface area (Å²) in [5.74, 6) is 1.44. The zero-order valence-corrected chi connectivity index (χ0v) is 11.1. The molecule has 0 radical (unpaired) electrons. The Morgan fingerprint density at radius 2 is 2.00 bits per heavy atom. The van der Waals surface area contributed by atoms with Gasteiger partial charge in [-0.2, -0.15) is 0 Å². The fraction of sp³-hybridized carbons (Fsp3) is 0.385. The summed E-state index contributed by atoms with van der Waals surface area (Å²) < 4.78 is 10.5. The Labute approximate surface area is 112 Å². The molecule has 2 aromatic rings. The summed E-state index contributed by atoms with van der Waals surface area (Å²) in [6.45, 7) is 1.32. The Morgan fingerprint density at radius 1 is 1.21 bits per heavy atom. The summed E-state index contributed by atoms with van der Waals surface area (Å²) in [4.78, 5) is 0. The maximum atomic E-state index is 5.38. The molecule has 2 rings (SSSR count). The lowest BCUT2D eigenvalue weighted by molar-refractivity contribution is 0.414. The van der Waals surface area contributed by atoms with Crippen LogP contribution in [0.15, 0.2) is 28.7 Å². The number of methoxy groups -OCH3 is 1. The SMILES string of the molecule is CNCc1nnc(NCCc2ccc(OC)cc2)o1. The fourth-order valence-electron chi connectivity index (χ4n) is 1.65. The molecule has 102 valence electrons. The van der Waals surface area contributed by atoms with Gasteiger partial charge in [-0.05, 0) is 31.2 Å². The van der Waals surface area contributed by atoms with Crippen LogP contribution in [0.25, 0.3) is 0 Å². The number of rotatable bonds is 7. The minimum absolute atomic E-state index is 0.457. The van der Waals surface area contributed by atoms with Crippen molar-refractivity contribution >= 4 is 6.01 Å². The zero-order chi connectivity index (χ0) is 13.5. The topological polar surface area (TPSA) is 72.2 Å². The number of hydrogen-bond acceptors (Lipinski definition) is 6. The van der Waals surface area contributed by atoms with Crippen LogP contribution in [0.3, 0.4) is 0 Å². The number of hydrogen-bond donors (Lipinski definition) is 2. The van der Waals surface area contributed by atoms with Crippen LogP contribution in [0.4, 0.5) is 6.01 Å². The lowest BCUT2D eigenvalue weighted by atomic mass is 10.1. The first-order chi connectivity index (χ1) is 9.31. The highest BCUT2D eigenvalue weighted by molar-refractivity contribution is 5.28. The van der Waals surface area contributed by atoms with Crippen molar-refractivity contribution in [1.82, 2.24) is 15.5 Å². The Kier molecular flexibility index (Phi) is 4.74. The molecule has 0 saturated carbocycles. The molecule has 1 aromatic heterocycles. The van der Waals surface area contributed by atoms with Crippen molar-refractivity contribution in [3.63, 3.8) is 0 Å². The molecule has 1 heterocycles. The van der Waals surface area contributed by atoms with Gasteiger partial charge in [-0.25, -0.2) is 0 Å². The van der Waals surface area contributed by atoms with Crippen LogP contribution in [0.2, 0.25) is 0 Å². The van der Waals surface area contributed by atoms with Crippen LogP contribution in [-0.4, -0.2) is 30.9 Å². The maximum absolute atomic E-state index is 5.38. The normalized spacial score (nSPS) is 10.4. The smallest absolute Gasteiger partial charge is 0.315 e. The van der Waals surface area contributed by atoms with Gasteiger partial charge in [-0.3, -0.25) is 0 Å². The third kappa shape index (κ3) is 3.96. The second kappa shape index (κ2) is 6.75. The van der Waals surface area contributed by atoms with Gasteiger partial charge in [-0.15, -0.1) is 5.10 Å². The number of benzene rings is 1. The highest BCUT2D eigenvalue weighted by Gasteiger charge is 2.03. The van der Waals surface area contributed by atoms with Crippen molar-refractivity contribution in [2.75, 3.05) is 26.0 Å². The highest BCUT2D eigenvalue weighted by atomic mass is 16.5. The molecular weight excluding hydrogens is 244 g/mol.